The van der Waals surface area contributed by atoms with Crippen LogP contribution >= 0.6 is 0 Å². The second-order valence-corrected chi connectivity index (χ2v) is 5.12. The minimum absolute atomic E-state index is 0.0279. The molecule has 1 aliphatic heterocycles. The molecule has 1 heterocycles. The fourth-order valence-corrected chi connectivity index (χ4v) is 2.47. The van der Waals surface area contributed by atoms with Crippen LogP contribution in [0.4, 0.5) is 5.69 Å². The Morgan fingerprint density at radius 1 is 1.24 bits per heavy atom. The summed E-state index contributed by atoms with van der Waals surface area (Å²) in [6.45, 7) is 4.15. The predicted octanol–water partition coefficient (Wildman–Crippen LogP) is 1.46. The fraction of sp³-hybridized carbons (Fsp3) is 0.533. The van der Waals surface area contributed by atoms with E-state index in [1.54, 1.807) is 25.3 Å². The third-order valence-corrected chi connectivity index (χ3v) is 3.48. The third kappa shape index (κ3) is 4.82. The molecule has 0 bridgehead atoms. The number of likely N-dealkylation sites (tertiary alicyclic amines) is 1. The molecule has 0 unspecified atom stereocenters. The maximum atomic E-state index is 5.81. The van der Waals surface area contributed by atoms with E-state index in [4.69, 9.17) is 20.9 Å². The van der Waals surface area contributed by atoms with Gasteiger partial charge in [0, 0.05) is 12.6 Å². The summed E-state index contributed by atoms with van der Waals surface area (Å²) in [5, 5.41) is 0. The van der Waals surface area contributed by atoms with E-state index < -0.39 is 0 Å². The van der Waals surface area contributed by atoms with E-state index in [0.717, 1.165) is 13.0 Å². The van der Waals surface area contributed by atoms with Gasteiger partial charge in [0.15, 0.2) is 17.5 Å². The quantitative estimate of drug-likeness (QED) is 0.451. The molecule has 0 spiro atoms. The molecule has 1 aliphatic rings. The summed E-state index contributed by atoms with van der Waals surface area (Å²) in [7, 11) is 1.62. The van der Waals surface area contributed by atoms with E-state index in [2.05, 4.69) is 9.89 Å². The zero-order chi connectivity index (χ0) is 15.1. The van der Waals surface area contributed by atoms with Crippen molar-refractivity contribution in [2.75, 3.05) is 33.4 Å². The fourth-order valence-electron chi connectivity index (χ4n) is 2.47. The van der Waals surface area contributed by atoms with Crippen molar-refractivity contribution < 1.29 is 9.47 Å². The zero-order valence-corrected chi connectivity index (χ0v) is 12.5. The summed E-state index contributed by atoms with van der Waals surface area (Å²) in [6.07, 6.45) is 3.63. The first-order chi connectivity index (χ1) is 10.2. The van der Waals surface area contributed by atoms with Gasteiger partial charge in [-0.2, -0.15) is 0 Å². The number of hydrogen-bond acceptors (Lipinski definition) is 4. The smallest absolute Gasteiger partial charge is 0.191 e. The number of methoxy groups -OCH3 is 1. The van der Waals surface area contributed by atoms with Gasteiger partial charge in [0.05, 0.1) is 19.4 Å². The highest BCUT2D eigenvalue weighted by Gasteiger charge is 2.11. The number of hydrogen-bond donors (Lipinski definition) is 2. The lowest BCUT2D eigenvalue weighted by Gasteiger charge is -2.15. The van der Waals surface area contributed by atoms with Gasteiger partial charge in [-0.05, 0) is 44.5 Å². The molecule has 0 atom stereocenters. The molecule has 1 aromatic carbocycles. The molecule has 0 amide bonds. The Hall–Kier alpha value is -1.95. The number of benzene rings is 1. The summed E-state index contributed by atoms with van der Waals surface area (Å²) in [5.74, 6) is 1.38. The summed E-state index contributed by atoms with van der Waals surface area (Å²) >= 11 is 0. The highest BCUT2D eigenvalue weighted by atomic mass is 16.5. The lowest BCUT2D eigenvalue weighted by atomic mass is 10.3. The van der Waals surface area contributed by atoms with Crippen LogP contribution in [-0.2, 0) is 0 Å². The second-order valence-electron chi connectivity index (χ2n) is 5.12. The van der Waals surface area contributed by atoms with E-state index in [1.807, 2.05) is 0 Å². The molecule has 116 valence electrons. The summed E-state index contributed by atoms with van der Waals surface area (Å²) in [4.78, 5) is 6.48. The molecular weight excluding hydrogens is 268 g/mol. The number of nitrogens with two attached hydrogens (primary N) is 2. The molecule has 1 fully saturated rings. The van der Waals surface area contributed by atoms with Crippen molar-refractivity contribution in [2.45, 2.75) is 19.3 Å². The first-order valence-electron chi connectivity index (χ1n) is 7.32. The van der Waals surface area contributed by atoms with Crippen molar-refractivity contribution in [2.24, 2.45) is 16.5 Å². The van der Waals surface area contributed by atoms with Gasteiger partial charge in [0.25, 0.3) is 0 Å². The molecule has 0 saturated carbocycles. The van der Waals surface area contributed by atoms with E-state index >= 15 is 0 Å². The number of guanidine groups is 1. The largest absolute Gasteiger partial charge is 0.493 e. The van der Waals surface area contributed by atoms with Crippen molar-refractivity contribution in [3.05, 3.63) is 18.2 Å². The Labute approximate surface area is 125 Å². The van der Waals surface area contributed by atoms with Crippen molar-refractivity contribution >= 4 is 11.6 Å². The minimum Gasteiger partial charge on any atom is -0.493 e. The lowest BCUT2D eigenvalue weighted by Crippen LogP contribution is -2.22. The highest BCUT2D eigenvalue weighted by molar-refractivity contribution is 5.79. The second kappa shape index (κ2) is 7.73. The topological polar surface area (TPSA) is 86.1 Å². The van der Waals surface area contributed by atoms with Gasteiger partial charge in [-0.1, -0.05) is 0 Å². The van der Waals surface area contributed by atoms with Crippen molar-refractivity contribution in [1.29, 1.82) is 0 Å². The van der Waals surface area contributed by atoms with Gasteiger partial charge in [-0.3, -0.25) is 0 Å². The van der Waals surface area contributed by atoms with Crippen molar-refractivity contribution in [3.8, 4) is 11.5 Å². The van der Waals surface area contributed by atoms with Crippen LogP contribution in [0.5, 0.6) is 11.5 Å². The maximum absolute atomic E-state index is 5.81. The lowest BCUT2D eigenvalue weighted by molar-refractivity contribution is 0.254. The molecule has 6 heteroatoms. The van der Waals surface area contributed by atoms with E-state index in [1.165, 1.54) is 25.9 Å². The molecule has 0 radical (unpaired) electrons. The van der Waals surface area contributed by atoms with Crippen molar-refractivity contribution in [1.82, 2.24) is 4.90 Å². The van der Waals surface area contributed by atoms with Gasteiger partial charge >= 0.3 is 0 Å². The van der Waals surface area contributed by atoms with E-state index in [0.29, 0.717) is 23.8 Å². The SMILES string of the molecule is COc1ccc(N=C(N)N)cc1OCCCN1CCCC1. The number of aliphatic imine (C=N–C) groups is 1. The minimum atomic E-state index is 0.0279. The van der Waals surface area contributed by atoms with Crippen LogP contribution < -0.4 is 20.9 Å². The first kappa shape index (κ1) is 15.4. The third-order valence-electron chi connectivity index (χ3n) is 3.48. The molecule has 4 N–H and O–H groups in total. The number of nitrogens with zero attached hydrogens (tertiary/aromatic N) is 2. The molecular formula is C15H24N4O2. The summed E-state index contributed by atoms with van der Waals surface area (Å²) < 4.78 is 11.1. The van der Waals surface area contributed by atoms with Gasteiger partial charge in [-0.15, -0.1) is 0 Å². The van der Waals surface area contributed by atoms with E-state index in [9.17, 15) is 0 Å². The monoisotopic (exact) mass is 292 g/mol. The average Bonchev–Trinajstić information content (AvgIpc) is 2.96. The Morgan fingerprint density at radius 3 is 2.67 bits per heavy atom. The predicted molar refractivity (Wildman–Crippen MR) is 84.2 cm³/mol. The van der Waals surface area contributed by atoms with Crippen LogP contribution in [0.25, 0.3) is 0 Å². The Kier molecular flexibility index (Phi) is 5.68. The molecule has 2 rings (SSSR count). The Balaban J connectivity index is 1.89. The molecule has 21 heavy (non-hydrogen) atoms. The van der Waals surface area contributed by atoms with Gasteiger partial charge in [-0.25, -0.2) is 4.99 Å². The van der Waals surface area contributed by atoms with Crippen LogP contribution in [0, 0.1) is 0 Å². The zero-order valence-electron chi connectivity index (χ0n) is 12.5. The molecule has 1 saturated heterocycles. The van der Waals surface area contributed by atoms with Crippen LogP contribution in [0.15, 0.2) is 23.2 Å². The van der Waals surface area contributed by atoms with Gasteiger partial charge < -0.3 is 25.8 Å². The Bertz CT molecular complexity index is 481. The summed E-state index contributed by atoms with van der Waals surface area (Å²) in [6, 6.07) is 5.38. The number of ether oxygens (including phenoxy) is 2. The normalized spacial score (nSPS) is 14.9. The maximum Gasteiger partial charge on any atom is 0.191 e. The van der Waals surface area contributed by atoms with Crippen LogP contribution in [0.2, 0.25) is 0 Å². The molecule has 6 nitrogen and oxygen atoms in total. The van der Waals surface area contributed by atoms with E-state index in [-0.39, 0.29) is 5.96 Å². The Morgan fingerprint density at radius 2 is 2.00 bits per heavy atom. The van der Waals surface area contributed by atoms with Crippen molar-refractivity contribution in [3.63, 3.8) is 0 Å². The van der Waals surface area contributed by atoms with Crippen LogP contribution in [-0.4, -0.2) is 44.2 Å². The average molecular weight is 292 g/mol. The van der Waals surface area contributed by atoms with Gasteiger partial charge in [0.1, 0.15) is 0 Å². The number of rotatable bonds is 7. The highest BCUT2D eigenvalue weighted by Crippen LogP contribution is 2.31. The van der Waals surface area contributed by atoms with Crippen LogP contribution in [0.3, 0.4) is 0 Å². The van der Waals surface area contributed by atoms with Crippen LogP contribution in [0.1, 0.15) is 19.3 Å². The standard InChI is InChI=1S/C15H24N4O2/c1-20-13-6-5-12(18-15(16)17)11-14(13)21-10-4-9-19-7-2-3-8-19/h5-6,11H,2-4,7-10H2,1H3,(H4,16,17,18). The first-order valence-corrected chi connectivity index (χ1v) is 7.32. The van der Waals surface area contributed by atoms with Gasteiger partial charge in [0.2, 0.25) is 0 Å². The molecule has 1 aromatic rings. The molecule has 0 aromatic heterocycles. The molecule has 0 aliphatic carbocycles. The summed E-state index contributed by atoms with van der Waals surface area (Å²) in [5.41, 5.74) is 11.4.